The molecule has 0 saturated carbocycles. The number of benzene rings is 1. The van der Waals surface area contributed by atoms with E-state index in [-0.39, 0.29) is 5.91 Å². The number of piperidine rings is 1. The van der Waals surface area contributed by atoms with Crippen LogP contribution in [0.1, 0.15) is 25.3 Å². The Morgan fingerprint density at radius 2 is 2.05 bits per heavy atom. The zero-order valence-electron chi connectivity index (χ0n) is 12.4. The lowest BCUT2D eigenvalue weighted by Gasteiger charge is -2.37. The summed E-state index contributed by atoms with van der Waals surface area (Å²) in [6.07, 6.45) is 2.30. The van der Waals surface area contributed by atoms with E-state index in [9.17, 15) is 4.79 Å². The minimum atomic E-state index is 0.0541. The molecule has 3 N–H and O–H groups in total. The van der Waals surface area contributed by atoms with Crippen molar-refractivity contribution >= 4 is 11.6 Å². The van der Waals surface area contributed by atoms with Gasteiger partial charge in [-0.3, -0.25) is 9.69 Å². The zero-order valence-corrected chi connectivity index (χ0v) is 12.4. The molecule has 0 spiro atoms. The molecule has 0 radical (unpaired) electrons. The van der Waals surface area contributed by atoms with Crippen LogP contribution in [0.25, 0.3) is 0 Å². The van der Waals surface area contributed by atoms with Crippen molar-refractivity contribution in [2.24, 2.45) is 11.7 Å². The number of hydrogen-bond acceptors (Lipinski definition) is 3. The summed E-state index contributed by atoms with van der Waals surface area (Å²) in [5, 5.41) is 2.96. The molecule has 1 aliphatic heterocycles. The molecule has 2 rings (SSSR count). The highest BCUT2D eigenvalue weighted by Crippen LogP contribution is 2.20. The number of nitrogens with two attached hydrogens (primary N) is 1. The fraction of sp³-hybridized carbons (Fsp3) is 0.562. The van der Waals surface area contributed by atoms with Crippen LogP contribution >= 0.6 is 0 Å². The average molecular weight is 275 g/mol. The van der Waals surface area contributed by atoms with Gasteiger partial charge in [0, 0.05) is 18.3 Å². The average Bonchev–Trinajstić information content (AvgIpc) is 2.44. The molecule has 1 heterocycles. The van der Waals surface area contributed by atoms with Gasteiger partial charge in [0.05, 0.1) is 6.54 Å². The Morgan fingerprint density at radius 3 is 2.70 bits per heavy atom. The number of hydrogen-bond donors (Lipinski definition) is 2. The fourth-order valence-corrected chi connectivity index (χ4v) is 2.70. The second-order valence-corrected chi connectivity index (χ2v) is 5.87. The van der Waals surface area contributed by atoms with Crippen molar-refractivity contribution < 1.29 is 4.79 Å². The van der Waals surface area contributed by atoms with Crippen LogP contribution in [0, 0.1) is 12.8 Å². The molecule has 1 saturated heterocycles. The summed E-state index contributed by atoms with van der Waals surface area (Å²) in [6, 6.07) is 8.35. The van der Waals surface area contributed by atoms with E-state index in [1.165, 1.54) is 12.0 Å². The molecule has 1 fully saturated rings. The smallest absolute Gasteiger partial charge is 0.238 e. The summed E-state index contributed by atoms with van der Waals surface area (Å²) < 4.78 is 0. The van der Waals surface area contributed by atoms with Crippen molar-refractivity contribution in [3.8, 4) is 0 Å². The topological polar surface area (TPSA) is 58.4 Å². The minimum Gasteiger partial charge on any atom is -0.330 e. The SMILES string of the molecule is Cc1ccc(NC(=O)CN2CC(CN)CCC2C)cc1. The predicted octanol–water partition coefficient (Wildman–Crippen LogP) is 1.99. The van der Waals surface area contributed by atoms with Crippen LogP contribution in [0.2, 0.25) is 0 Å². The van der Waals surface area contributed by atoms with E-state index in [0.29, 0.717) is 25.0 Å². The van der Waals surface area contributed by atoms with Crippen LogP contribution in [0.5, 0.6) is 0 Å². The number of amides is 1. The van der Waals surface area contributed by atoms with E-state index >= 15 is 0 Å². The van der Waals surface area contributed by atoms with E-state index < -0.39 is 0 Å². The molecule has 1 amide bonds. The van der Waals surface area contributed by atoms with Gasteiger partial charge in [-0.15, -0.1) is 0 Å². The molecule has 0 aromatic heterocycles. The maximum atomic E-state index is 12.1. The third-order valence-electron chi connectivity index (χ3n) is 4.12. The van der Waals surface area contributed by atoms with Crippen molar-refractivity contribution in [2.75, 3.05) is 25.0 Å². The standard InChI is InChI=1S/C16H25N3O/c1-12-3-7-15(8-4-12)18-16(20)11-19-10-14(9-17)6-5-13(19)2/h3-4,7-8,13-14H,5-6,9-11,17H2,1-2H3,(H,18,20). The summed E-state index contributed by atoms with van der Waals surface area (Å²) in [5.74, 6) is 0.580. The molecule has 4 nitrogen and oxygen atoms in total. The highest BCUT2D eigenvalue weighted by molar-refractivity contribution is 5.92. The zero-order chi connectivity index (χ0) is 14.5. The van der Waals surface area contributed by atoms with Gasteiger partial charge in [0.15, 0.2) is 0 Å². The molecule has 1 aromatic rings. The van der Waals surface area contributed by atoms with Crippen molar-refractivity contribution in [3.63, 3.8) is 0 Å². The normalized spacial score (nSPS) is 23.6. The first-order chi connectivity index (χ1) is 9.58. The molecule has 4 heteroatoms. The second kappa shape index (κ2) is 6.86. The number of carbonyl (C=O) groups excluding carboxylic acids is 1. The summed E-state index contributed by atoms with van der Waals surface area (Å²) in [7, 11) is 0. The number of rotatable bonds is 4. The van der Waals surface area contributed by atoms with Gasteiger partial charge in [0.2, 0.25) is 5.91 Å². The van der Waals surface area contributed by atoms with E-state index in [2.05, 4.69) is 17.1 Å². The molecular formula is C16H25N3O. The molecule has 1 aliphatic rings. The molecule has 0 bridgehead atoms. The van der Waals surface area contributed by atoms with E-state index in [4.69, 9.17) is 5.73 Å². The minimum absolute atomic E-state index is 0.0541. The van der Waals surface area contributed by atoms with Gasteiger partial charge in [-0.1, -0.05) is 17.7 Å². The van der Waals surface area contributed by atoms with Crippen molar-refractivity contribution in [1.29, 1.82) is 0 Å². The third-order valence-corrected chi connectivity index (χ3v) is 4.12. The van der Waals surface area contributed by atoms with Gasteiger partial charge in [0.1, 0.15) is 0 Å². The Bertz CT molecular complexity index is 444. The van der Waals surface area contributed by atoms with Crippen LogP contribution in [0.3, 0.4) is 0 Å². The highest BCUT2D eigenvalue weighted by atomic mass is 16.2. The van der Waals surface area contributed by atoms with E-state index in [1.807, 2.05) is 31.2 Å². The lowest BCUT2D eigenvalue weighted by Crippen LogP contribution is -2.47. The van der Waals surface area contributed by atoms with Crippen LogP contribution in [-0.2, 0) is 4.79 Å². The molecule has 2 atom stereocenters. The molecular weight excluding hydrogens is 250 g/mol. The fourth-order valence-electron chi connectivity index (χ4n) is 2.70. The lowest BCUT2D eigenvalue weighted by molar-refractivity contribution is -0.118. The monoisotopic (exact) mass is 275 g/mol. The van der Waals surface area contributed by atoms with Crippen molar-refractivity contribution in [1.82, 2.24) is 4.90 Å². The number of nitrogens with zero attached hydrogens (tertiary/aromatic N) is 1. The van der Waals surface area contributed by atoms with Crippen LogP contribution in [-0.4, -0.2) is 36.5 Å². The predicted molar refractivity (Wildman–Crippen MR) is 82.6 cm³/mol. The first kappa shape index (κ1) is 15.0. The highest BCUT2D eigenvalue weighted by Gasteiger charge is 2.25. The summed E-state index contributed by atoms with van der Waals surface area (Å²) in [4.78, 5) is 14.4. The van der Waals surface area contributed by atoms with Gasteiger partial charge in [-0.2, -0.15) is 0 Å². The Kier molecular flexibility index (Phi) is 5.15. The van der Waals surface area contributed by atoms with Gasteiger partial charge in [0.25, 0.3) is 0 Å². The third kappa shape index (κ3) is 4.05. The van der Waals surface area contributed by atoms with E-state index in [0.717, 1.165) is 18.7 Å². The molecule has 20 heavy (non-hydrogen) atoms. The van der Waals surface area contributed by atoms with E-state index in [1.54, 1.807) is 0 Å². The quantitative estimate of drug-likeness (QED) is 0.883. The number of nitrogens with one attached hydrogen (secondary N) is 1. The van der Waals surface area contributed by atoms with Crippen molar-refractivity contribution in [2.45, 2.75) is 32.7 Å². The number of aryl methyl sites for hydroxylation is 1. The molecule has 110 valence electrons. The maximum Gasteiger partial charge on any atom is 0.238 e. The largest absolute Gasteiger partial charge is 0.330 e. The number of likely N-dealkylation sites (tertiary alicyclic amines) is 1. The Labute approximate surface area is 121 Å². The molecule has 0 aliphatic carbocycles. The Balaban J connectivity index is 1.88. The van der Waals surface area contributed by atoms with Crippen molar-refractivity contribution in [3.05, 3.63) is 29.8 Å². The van der Waals surface area contributed by atoms with Gasteiger partial charge >= 0.3 is 0 Å². The first-order valence-corrected chi connectivity index (χ1v) is 7.39. The van der Waals surface area contributed by atoms with Crippen LogP contribution in [0.15, 0.2) is 24.3 Å². The number of carbonyl (C=O) groups is 1. The van der Waals surface area contributed by atoms with Gasteiger partial charge in [-0.25, -0.2) is 0 Å². The second-order valence-electron chi connectivity index (χ2n) is 5.87. The molecule has 1 aromatic carbocycles. The van der Waals surface area contributed by atoms with Crippen LogP contribution in [0.4, 0.5) is 5.69 Å². The first-order valence-electron chi connectivity index (χ1n) is 7.39. The lowest BCUT2D eigenvalue weighted by atomic mass is 9.93. The van der Waals surface area contributed by atoms with Gasteiger partial charge in [-0.05, 0) is 51.3 Å². The van der Waals surface area contributed by atoms with Gasteiger partial charge < -0.3 is 11.1 Å². The van der Waals surface area contributed by atoms with Crippen LogP contribution < -0.4 is 11.1 Å². The summed E-state index contributed by atoms with van der Waals surface area (Å²) >= 11 is 0. The Morgan fingerprint density at radius 1 is 1.35 bits per heavy atom. The molecule has 2 unspecified atom stereocenters. The maximum absolute atomic E-state index is 12.1. The Hall–Kier alpha value is -1.39. The summed E-state index contributed by atoms with van der Waals surface area (Å²) in [5.41, 5.74) is 7.81. The number of anilines is 1. The summed E-state index contributed by atoms with van der Waals surface area (Å²) in [6.45, 7) is 6.31.